The van der Waals surface area contributed by atoms with E-state index >= 15 is 0 Å². The van der Waals surface area contributed by atoms with E-state index in [4.69, 9.17) is 0 Å². The number of hydrogen-bond donors (Lipinski definition) is 0. The fourth-order valence-corrected chi connectivity index (χ4v) is 1.40. The van der Waals surface area contributed by atoms with Crippen LogP contribution < -0.4 is 0 Å². The lowest BCUT2D eigenvalue weighted by Crippen LogP contribution is -1.94. The van der Waals surface area contributed by atoms with Crippen molar-refractivity contribution in [1.82, 2.24) is 0 Å². The molecule has 0 amide bonds. The van der Waals surface area contributed by atoms with E-state index in [1.807, 2.05) is 6.08 Å². The quantitative estimate of drug-likeness (QED) is 0.497. The minimum atomic E-state index is 1.08. The van der Waals surface area contributed by atoms with Crippen LogP contribution in [0.25, 0.3) is 0 Å². The first kappa shape index (κ1) is 8.10. The molecule has 0 bridgehead atoms. The van der Waals surface area contributed by atoms with Gasteiger partial charge >= 0.3 is 0 Å². The van der Waals surface area contributed by atoms with Crippen LogP contribution in [0.4, 0.5) is 0 Å². The molecule has 0 saturated carbocycles. The Labute approximate surface area is 68.6 Å². The summed E-state index contributed by atoms with van der Waals surface area (Å²) in [5, 5.41) is 0. The second-order valence-corrected chi connectivity index (χ2v) is 2.90. The topological polar surface area (TPSA) is 0 Å². The monoisotopic (exact) mass is 146 g/mol. The Balaban J connectivity index is 3.22. The van der Waals surface area contributed by atoms with Gasteiger partial charge in [0.2, 0.25) is 0 Å². The maximum Gasteiger partial charge on any atom is -0.00564 e. The summed E-state index contributed by atoms with van der Waals surface area (Å²) < 4.78 is 0. The van der Waals surface area contributed by atoms with E-state index in [1.54, 1.807) is 0 Å². The molecule has 0 radical (unpaired) electrons. The van der Waals surface area contributed by atoms with Gasteiger partial charge in [-0.25, -0.2) is 0 Å². The summed E-state index contributed by atoms with van der Waals surface area (Å²) in [7, 11) is 0. The van der Waals surface area contributed by atoms with Gasteiger partial charge in [0.25, 0.3) is 0 Å². The van der Waals surface area contributed by atoms with E-state index in [0.717, 1.165) is 12.0 Å². The predicted molar refractivity (Wildman–Crippen MR) is 49.4 cm³/mol. The van der Waals surface area contributed by atoms with Gasteiger partial charge < -0.3 is 0 Å². The largest absolute Gasteiger partial charge is 0.117 e. The van der Waals surface area contributed by atoms with Gasteiger partial charge in [-0.2, -0.15) is 0 Å². The van der Waals surface area contributed by atoms with Crippen molar-refractivity contribution in [2.24, 2.45) is 0 Å². The molecular formula is C11H14. The second-order valence-electron chi connectivity index (χ2n) is 2.90. The van der Waals surface area contributed by atoms with E-state index < -0.39 is 0 Å². The van der Waals surface area contributed by atoms with Crippen LogP contribution in [-0.2, 0) is 0 Å². The van der Waals surface area contributed by atoms with Crippen molar-refractivity contribution < 1.29 is 0 Å². The maximum absolute atomic E-state index is 3.94. The summed E-state index contributed by atoms with van der Waals surface area (Å²) in [4.78, 5) is 0. The summed E-state index contributed by atoms with van der Waals surface area (Å²) in [6.45, 7) is 10.3. The third kappa shape index (κ3) is 1.36. The molecular weight excluding hydrogens is 132 g/mol. The Hall–Kier alpha value is -1.00. The van der Waals surface area contributed by atoms with Crippen LogP contribution in [-0.4, -0.2) is 0 Å². The molecule has 11 heavy (non-hydrogen) atoms. The van der Waals surface area contributed by atoms with Crippen molar-refractivity contribution in [2.45, 2.75) is 27.2 Å². The second kappa shape index (κ2) is 2.94. The molecule has 0 N–H and O–H groups in total. The molecule has 0 aromatic carbocycles. The highest BCUT2D eigenvalue weighted by atomic mass is 14.1. The molecule has 1 aliphatic carbocycles. The Morgan fingerprint density at radius 2 is 2.09 bits per heavy atom. The molecule has 0 spiro atoms. The lowest BCUT2D eigenvalue weighted by atomic mass is 9.92. The van der Waals surface area contributed by atoms with Gasteiger partial charge in [0.15, 0.2) is 0 Å². The summed E-state index contributed by atoms with van der Waals surface area (Å²) >= 11 is 0. The first-order valence-corrected chi connectivity index (χ1v) is 3.99. The van der Waals surface area contributed by atoms with Crippen LogP contribution in [0.1, 0.15) is 27.2 Å². The van der Waals surface area contributed by atoms with E-state index in [1.165, 1.54) is 16.7 Å². The average molecular weight is 146 g/mol. The Morgan fingerprint density at radius 3 is 2.55 bits per heavy atom. The lowest BCUT2D eigenvalue weighted by Gasteiger charge is -2.12. The van der Waals surface area contributed by atoms with Gasteiger partial charge in [0, 0.05) is 0 Å². The van der Waals surface area contributed by atoms with Crippen LogP contribution in [0.5, 0.6) is 0 Å². The molecule has 0 atom stereocenters. The maximum atomic E-state index is 3.94. The molecule has 0 nitrogen and oxygen atoms in total. The van der Waals surface area contributed by atoms with Crippen molar-refractivity contribution in [3.05, 3.63) is 40.7 Å². The molecule has 1 rings (SSSR count). The highest BCUT2D eigenvalue weighted by Gasteiger charge is 2.07. The zero-order valence-corrected chi connectivity index (χ0v) is 7.49. The van der Waals surface area contributed by atoms with Crippen molar-refractivity contribution >= 4 is 0 Å². The molecule has 0 aromatic heterocycles. The summed E-state index contributed by atoms with van der Waals surface area (Å²) in [6, 6.07) is 0. The van der Waals surface area contributed by atoms with Crippen LogP contribution in [0.15, 0.2) is 40.7 Å². The number of hydrogen-bond acceptors (Lipinski definition) is 0. The molecule has 0 aliphatic heterocycles. The van der Waals surface area contributed by atoms with Crippen LogP contribution >= 0.6 is 0 Å². The SMILES string of the molecule is C=C1C=C=C(C)C(CC)=C1C. The van der Waals surface area contributed by atoms with Crippen LogP contribution in [0, 0.1) is 0 Å². The minimum absolute atomic E-state index is 1.08. The van der Waals surface area contributed by atoms with Gasteiger partial charge in [0.1, 0.15) is 0 Å². The summed E-state index contributed by atoms with van der Waals surface area (Å²) in [5.74, 6) is 0. The smallest absolute Gasteiger partial charge is 0.00564 e. The van der Waals surface area contributed by atoms with Crippen LogP contribution in [0.2, 0.25) is 0 Å². The van der Waals surface area contributed by atoms with Crippen LogP contribution in [0.3, 0.4) is 0 Å². The molecule has 0 heterocycles. The van der Waals surface area contributed by atoms with Gasteiger partial charge in [-0.05, 0) is 48.6 Å². The third-order valence-electron chi connectivity index (χ3n) is 2.20. The van der Waals surface area contributed by atoms with E-state index in [9.17, 15) is 0 Å². The Bertz CT molecular complexity index is 281. The van der Waals surface area contributed by atoms with Crippen molar-refractivity contribution in [1.29, 1.82) is 0 Å². The van der Waals surface area contributed by atoms with Gasteiger partial charge in [-0.1, -0.05) is 13.5 Å². The molecule has 0 aromatic rings. The summed E-state index contributed by atoms with van der Waals surface area (Å²) in [6.07, 6.45) is 3.04. The highest BCUT2D eigenvalue weighted by molar-refractivity contribution is 5.50. The molecule has 0 heteroatoms. The van der Waals surface area contributed by atoms with E-state index in [-0.39, 0.29) is 0 Å². The molecule has 1 aliphatic rings. The first-order valence-electron chi connectivity index (χ1n) is 3.99. The third-order valence-corrected chi connectivity index (χ3v) is 2.20. The predicted octanol–water partition coefficient (Wildman–Crippen LogP) is 3.38. The summed E-state index contributed by atoms with van der Waals surface area (Å²) in [5.41, 5.74) is 8.29. The van der Waals surface area contributed by atoms with Gasteiger partial charge in [-0.15, -0.1) is 5.73 Å². The van der Waals surface area contributed by atoms with Gasteiger partial charge in [0.05, 0.1) is 0 Å². The fraction of sp³-hybridized carbons (Fsp3) is 0.364. The Kier molecular flexibility index (Phi) is 2.16. The van der Waals surface area contributed by atoms with E-state index in [2.05, 4.69) is 33.1 Å². The van der Waals surface area contributed by atoms with Crippen molar-refractivity contribution in [3.8, 4) is 0 Å². The zero-order valence-electron chi connectivity index (χ0n) is 7.49. The van der Waals surface area contributed by atoms with E-state index in [0.29, 0.717) is 0 Å². The minimum Gasteiger partial charge on any atom is -0.117 e. The normalized spacial score (nSPS) is 17.4. The zero-order chi connectivity index (χ0) is 8.43. The average Bonchev–Trinajstić information content (AvgIpc) is 1.99. The lowest BCUT2D eigenvalue weighted by molar-refractivity contribution is 1.06. The highest BCUT2D eigenvalue weighted by Crippen LogP contribution is 2.25. The van der Waals surface area contributed by atoms with Crippen molar-refractivity contribution in [3.63, 3.8) is 0 Å². The fourth-order valence-electron chi connectivity index (χ4n) is 1.40. The Morgan fingerprint density at radius 1 is 1.45 bits per heavy atom. The molecule has 0 unspecified atom stereocenters. The molecule has 0 fully saturated rings. The number of allylic oxidation sites excluding steroid dienone is 4. The van der Waals surface area contributed by atoms with Gasteiger partial charge in [-0.3, -0.25) is 0 Å². The van der Waals surface area contributed by atoms with Crippen molar-refractivity contribution in [2.75, 3.05) is 0 Å². The standard InChI is InChI=1S/C11H14/c1-5-11-9(3)7-6-8(2)10(11)4/h6H,2,5H2,1,3-4H3. The molecule has 0 saturated heterocycles. The molecule has 58 valence electrons. The number of rotatable bonds is 1. The first-order chi connectivity index (χ1) is 5.16.